The first-order chi connectivity index (χ1) is 8.90. The lowest BCUT2D eigenvalue weighted by Crippen LogP contribution is -2.25. The summed E-state index contributed by atoms with van der Waals surface area (Å²) in [5, 5.41) is -0.644. The maximum atomic E-state index is 13.4. The van der Waals surface area contributed by atoms with Crippen LogP contribution in [0, 0.1) is 19.7 Å². The smallest absolute Gasteiger partial charge is 0.261 e. The normalized spacial score (nSPS) is 11.7. The fraction of sp³-hybridized carbons (Fsp3) is 0.273. The summed E-state index contributed by atoms with van der Waals surface area (Å²) in [5.74, 6) is -0.0807. The Kier molecular flexibility index (Phi) is 3.63. The van der Waals surface area contributed by atoms with Gasteiger partial charge in [0, 0.05) is 6.20 Å². The average Bonchev–Trinajstić information content (AvgIpc) is 2.67. The lowest BCUT2D eigenvalue weighted by atomic mass is 10.4. The number of aromatic nitrogens is 2. The third-order valence-electron chi connectivity index (χ3n) is 2.47. The molecule has 19 heavy (non-hydrogen) atoms. The molecule has 0 aliphatic rings. The molecule has 0 aliphatic heterocycles. The molecule has 102 valence electrons. The molecule has 0 amide bonds. The van der Waals surface area contributed by atoms with Crippen LogP contribution < -0.4 is 4.72 Å². The molecule has 0 saturated carbocycles. The lowest BCUT2D eigenvalue weighted by Gasteiger charge is -2.04. The third-order valence-corrected chi connectivity index (χ3v) is 3.80. The van der Waals surface area contributed by atoms with Gasteiger partial charge in [-0.2, -0.15) is 0 Å². The topological polar surface area (TPSA) is 85.1 Å². The minimum absolute atomic E-state index is 0.160. The van der Waals surface area contributed by atoms with Crippen molar-refractivity contribution < 1.29 is 17.2 Å². The first-order valence-corrected chi connectivity index (χ1v) is 6.91. The molecule has 0 aliphatic carbocycles. The van der Waals surface area contributed by atoms with E-state index in [9.17, 15) is 12.8 Å². The van der Waals surface area contributed by atoms with Crippen LogP contribution in [0.25, 0.3) is 0 Å². The number of hydrogen-bond donors (Lipinski definition) is 1. The SMILES string of the molecule is Cc1nc(CNS(=O)(=O)c2ncccc2F)oc1C. The Hall–Kier alpha value is -1.80. The van der Waals surface area contributed by atoms with Gasteiger partial charge in [0.25, 0.3) is 10.0 Å². The van der Waals surface area contributed by atoms with Gasteiger partial charge >= 0.3 is 0 Å². The standard InChI is InChI=1S/C11H12FN3O3S/c1-7-8(2)18-10(15-7)6-14-19(16,17)11-9(12)4-3-5-13-11/h3-5,14H,6H2,1-2H3. The molecule has 2 heterocycles. The number of rotatable bonds is 4. The van der Waals surface area contributed by atoms with E-state index in [1.807, 2.05) is 0 Å². The minimum atomic E-state index is -4.03. The molecule has 2 aromatic heterocycles. The molecule has 1 N–H and O–H groups in total. The molecule has 2 rings (SSSR count). The molecule has 0 unspecified atom stereocenters. The van der Waals surface area contributed by atoms with E-state index < -0.39 is 20.9 Å². The second kappa shape index (κ2) is 5.06. The van der Waals surface area contributed by atoms with Gasteiger partial charge < -0.3 is 4.42 Å². The van der Waals surface area contributed by atoms with Crippen molar-refractivity contribution in [2.45, 2.75) is 25.4 Å². The van der Waals surface area contributed by atoms with Crippen molar-refractivity contribution in [2.75, 3.05) is 0 Å². The van der Waals surface area contributed by atoms with Crippen LogP contribution >= 0.6 is 0 Å². The van der Waals surface area contributed by atoms with Crippen molar-refractivity contribution in [3.63, 3.8) is 0 Å². The molecule has 0 bridgehead atoms. The molecular weight excluding hydrogens is 273 g/mol. The lowest BCUT2D eigenvalue weighted by molar-refractivity contribution is 0.461. The number of hydrogen-bond acceptors (Lipinski definition) is 5. The molecule has 0 spiro atoms. The number of oxazole rings is 1. The highest BCUT2D eigenvalue weighted by atomic mass is 32.2. The fourth-order valence-electron chi connectivity index (χ4n) is 1.41. The highest BCUT2D eigenvalue weighted by Gasteiger charge is 2.21. The van der Waals surface area contributed by atoms with Gasteiger partial charge in [0.1, 0.15) is 5.76 Å². The van der Waals surface area contributed by atoms with Crippen LogP contribution in [-0.4, -0.2) is 18.4 Å². The molecule has 0 saturated heterocycles. The van der Waals surface area contributed by atoms with Gasteiger partial charge in [-0.25, -0.2) is 27.5 Å². The highest BCUT2D eigenvalue weighted by Crippen LogP contribution is 2.12. The van der Waals surface area contributed by atoms with E-state index in [2.05, 4.69) is 14.7 Å². The molecule has 0 fully saturated rings. The fourth-order valence-corrected chi connectivity index (χ4v) is 2.38. The summed E-state index contributed by atoms with van der Waals surface area (Å²) in [7, 11) is -4.03. The van der Waals surface area contributed by atoms with E-state index in [4.69, 9.17) is 4.42 Å². The summed E-state index contributed by atoms with van der Waals surface area (Å²) >= 11 is 0. The van der Waals surface area contributed by atoms with Crippen molar-refractivity contribution in [3.8, 4) is 0 Å². The summed E-state index contributed by atoms with van der Waals surface area (Å²) in [4.78, 5) is 7.53. The minimum Gasteiger partial charge on any atom is -0.444 e. The van der Waals surface area contributed by atoms with Crippen molar-refractivity contribution >= 4 is 10.0 Å². The van der Waals surface area contributed by atoms with Crippen LogP contribution in [0.3, 0.4) is 0 Å². The number of nitrogens with zero attached hydrogens (tertiary/aromatic N) is 2. The second-order valence-electron chi connectivity index (χ2n) is 3.86. The molecule has 0 aromatic carbocycles. The van der Waals surface area contributed by atoms with Gasteiger partial charge in [-0.1, -0.05) is 0 Å². The number of sulfonamides is 1. The number of pyridine rings is 1. The number of halogens is 1. The average molecular weight is 285 g/mol. The molecule has 6 nitrogen and oxygen atoms in total. The number of aryl methyl sites for hydroxylation is 2. The Labute approximate surface area is 109 Å². The number of nitrogens with one attached hydrogen (secondary N) is 1. The predicted molar refractivity (Wildman–Crippen MR) is 64.2 cm³/mol. The van der Waals surface area contributed by atoms with Crippen LogP contribution in [0.15, 0.2) is 27.8 Å². The maximum Gasteiger partial charge on any atom is 0.261 e. The third kappa shape index (κ3) is 2.96. The molecule has 0 atom stereocenters. The molecular formula is C11H12FN3O3S. The zero-order valence-electron chi connectivity index (χ0n) is 10.3. The van der Waals surface area contributed by atoms with Gasteiger partial charge in [0.15, 0.2) is 5.82 Å². The van der Waals surface area contributed by atoms with Crippen LogP contribution in [0.5, 0.6) is 0 Å². The Morgan fingerprint density at radius 1 is 1.42 bits per heavy atom. The Bertz CT molecular complexity index is 677. The van der Waals surface area contributed by atoms with Crippen LogP contribution in [0.4, 0.5) is 4.39 Å². The molecule has 8 heteroatoms. The van der Waals surface area contributed by atoms with E-state index in [-0.39, 0.29) is 12.4 Å². The molecule has 2 aromatic rings. The predicted octanol–water partition coefficient (Wildman–Crippen LogP) is 1.30. The largest absolute Gasteiger partial charge is 0.444 e. The van der Waals surface area contributed by atoms with E-state index >= 15 is 0 Å². The monoisotopic (exact) mass is 285 g/mol. The van der Waals surface area contributed by atoms with Gasteiger partial charge in [-0.3, -0.25) is 0 Å². The maximum absolute atomic E-state index is 13.4. The summed E-state index contributed by atoms with van der Waals surface area (Å²) in [6, 6.07) is 2.34. The Morgan fingerprint density at radius 2 is 2.16 bits per heavy atom. The van der Waals surface area contributed by atoms with Crippen molar-refractivity contribution in [1.82, 2.24) is 14.7 Å². The summed E-state index contributed by atoms with van der Waals surface area (Å²) in [6.45, 7) is 3.31. The summed E-state index contributed by atoms with van der Waals surface area (Å²) < 4.78 is 44.4. The highest BCUT2D eigenvalue weighted by molar-refractivity contribution is 7.89. The Morgan fingerprint density at radius 3 is 2.74 bits per heavy atom. The summed E-state index contributed by atoms with van der Waals surface area (Å²) in [5.41, 5.74) is 0.679. The second-order valence-corrected chi connectivity index (χ2v) is 5.55. The quantitative estimate of drug-likeness (QED) is 0.915. The van der Waals surface area contributed by atoms with E-state index in [1.54, 1.807) is 13.8 Å². The van der Waals surface area contributed by atoms with Crippen LogP contribution in [0.1, 0.15) is 17.3 Å². The van der Waals surface area contributed by atoms with Gasteiger partial charge in [-0.15, -0.1) is 0 Å². The van der Waals surface area contributed by atoms with Gasteiger partial charge in [0.2, 0.25) is 10.9 Å². The van der Waals surface area contributed by atoms with E-state index in [0.29, 0.717) is 11.5 Å². The zero-order chi connectivity index (χ0) is 14.0. The van der Waals surface area contributed by atoms with E-state index in [0.717, 1.165) is 6.07 Å². The first-order valence-electron chi connectivity index (χ1n) is 5.43. The van der Waals surface area contributed by atoms with Gasteiger partial charge in [0.05, 0.1) is 12.2 Å². The van der Waals surface area contributed by atoms with Crippen LogP contribution in [-0.2, 0) is 16.6 Å². The summed E-state index contributed by atoms with van der Waals surface area (Å²) in [6.07, 6.45) is 1.21. The Balaban J connectivity index is 2.17. The van der Waals surface area contributed by atoms with Gasteiger partial charge in [-0.05, 0) is 26.0 Å². The van der Waals surface area contributed by atoms with E-state index in [1.165, 1.54) is 12.3 Å². The van der Waals surface area contributed by atoms with Crippen LogP contribution in [0.2, 0.25) is 0 Å². The van der Waals surface area contributed by atoms with Crippen molar-refractivity contribution in [1.29, 1.82) is 0 Å². The molecule has 0 radical (unpaired) electrons. The van der Waals surface area contributed by atoms with Crippen molar-refractivity contribution in [2.24, 2.45) is 0 Å². The first kappa shape index (κ1) is 13.6. The van der Waals surface area contributed by atoms with Crippen molar-refractivity contribution in [3.05, 3.63) is 41.5 Å². The zero-order valence-corrected chi connectivity index (χ0v) is 11.2.